The molecule has 0 bridgehead atoms. The lowest BCUT2D eigenvalue weighted by atomic mass is 10.1. The minimum atomic E-state index is -0.000431. The predicted molar refractivity (Wildman–Crippen MR) is 106 cm³/mol. The van der Waals surface area contributed by atoms with E-state index in [2.05, 4.69) is 20.1 Å². The molecule has 2 aliphatic rings. The summed E-state index contributed by atoms with van der Waals surface area (Å²) in [4.78, 5) is 21.1. The normalized spacial score (nSPS) is 15.4. The Bertz CT molecular complexity index is 1020. The number of hydrogen-bond donors (Lipinski definition) is 0. The molecule has 5 rings (SSSR count). The van der Waals surface area contributed by atoms with Crippen molar-refractivity contribution >= 4 is 11.7 Å². The smallest absolute Gasteiger partial charge is 0.254 e. The average molecular weight is 389 g/mol. The Morgan fingerprint density at radius 1 is 0.862 bits per heavy atom. The van der Waals surface area contributed by atoms with Gasteiger partial charge in [0.25, 0.3) is 5.91 Å². The lowest BCUT2D eigenvalue weighted by Crippen LogP contribution is -2.49. The Morgan fingerprint density at radius 2 is 1.72 bits per heavy atom. The fourth-order valence-corrected chi connectivity index (χ4v) is 3.50. The molecule has 1 saturated heterocycles. The maximum absolute atomic E-state index is 12.8. The van der Waals surface area contributed by atoms with Crippen LogP contribution in [0.2, 0.25) is 0 Å². The molecule has 29 heavy (non-hydrogen) atoms. The highest BCUT2D eigenvalue weighted by molar-refractivity contribution is 5.95. The van der Waals surface area contributed by atoms with E-state index < -0.39 is 0 Å². The van der Waals surface area contributed by atoms with Gasteiger partial charge in [-0.25, -0.2) is 0 Å². The van der Waals surface area contributed by atoms with Gasteiger partial charge in [-0.05, 0) is 42.5 Å². The molecule has 0 atom stereocenters. The molecule has 1 fully saturated rings. The van der Waals surface area contributed by atoms with Gasteiger partial charge in [0.1, 0.15) is 5.69 Å². The molecule has 0 N–H and O–H groups in total. The van der Waals surface area contributed by atoms with E-state index in [0.717, 1.165) is 17.2 Å². The molecule has 8 nitrogen and oxygen atoms in total. The third-order valence-corrected chi connectivity index (χ3v) is 5.09. The van der Waals surface area contributed by atoms with Crippen LogP contribution in [0.5, 0.6) is 11.5 Å². The van der Waals surface area contributed by atoms with Crippen molar-refractivity contribution in [2.75, 3.05) is 37.9 Å². The molecular weight excluding hydrogens is 370 g/mol. The number of hydrogen-bond acceptors (Lipinski definition) is 7. The lowest BCUT2D eigenvalue weighted by Gasteiger charge is -2.35. The van der Waals surface area contributed by atoms with Gasteiger partial charge in [0, 0.05) is 37.9 Å². The van der Waals surface area contributed by atoms with Crippen molar-refractivity contribution in [1.82, 2.24) is 20.1 Å². The molecule has 146 valence electrons. The number of nitrogens with zero attached hydrogens (tertiary/aromatic N) is 5. The van der Waals surface area contributed by atoms with Crippen LogP contribution < -0.4 is 14.4 Å². The minimum absolute atomic E-state index is 0.000431. The first-order valence-corrected chi connectivity index (χ1v) is 9.47. The zero-order valence-electron chi connectivity index (χ0n) is 15.7. The molecule has 0 unspecified atom stereocenters. The van der Waals surface area contributed by atoms with Gasteiger partial charge in [-0.2, -0.15) is 0 Å². The van der Waals surface area contributed by atoms with Crippen LogP contribution in [0.4, 0.5) is 5.82 Å². The van der Waals surface area contributed by atoms with Crippen LogP contribution in [-0.2, 0) is 0 Å². The van der Waals surface area contributed by atoms with Crippen LogP contribution in [-0.4, -0.2) is 59.0 Å². The summed E-state index contributed by atoms with van der Waals surface area (Å²) in [5, 5.41) is 8.65. The number of benzene rings is 1. The third-order valence-electron chi connectivity index (χ3n) is 5.09. The van der Waals surface area contributed by atoms with Crippen LogP contribution in [0.25, 0.3) is 11.4 Å². The standard InChI is InChI=1S/C21H19N5O3/c27-21(15-4-6-18-19(13-15)29-14-28-18)26-11-9-25(10-12-26)20-7-5-17(23-24-20)16-3-1-2-8-22-16/h1-8,13H,9-12,14H2. The number of carbonyl (C=O) groups excluding carboxylic acids is 1. The second-order valence-corrected chi connectivity index (χ2v) is 6.84. The Hall–Kier alpha value is -3.68. The van der Waals surface area contributed by atoms with Crippen molar-refractivity contribution in [3.05, 3.63) is 60.3 Å². The van der Waals surface area contributed by atoms with Crippen LogP contribution >= 0.6 is 0 Å². The zero-order chi connectivity index (χ0) is 19.6. The summed E-state index contributed by atoms with van der Waals surface area (Å²) in [7, 11) is 0. The largest absolute Gasteiger partial charge is 0.454 e. The molecule has 8 heteroatoms. The molecule has 3 aromatic rings. The van der Waals surface area contributed by atoms with Crippen molar-refractivity contribution in [3.63, 3.8) is 0 Å². The molecule has 2 aromatic heterocycles. The van der Waals surface area contributed by atoms with Crippen LogP contribution in [0.15, 0.2) is 54.7 Å². The number of amides is 1. The maximum Gasteiger partial charge on any atom is 0.254 e. The highest BCUT2D eigenvalue weighted by Crippen LogP contribution is 2.33. The molecule has 4 heterocycles. The number of rotatable bonds is 3. The molecule has 2 aliphatic heterocycles. The summed E-state index contributed by atoms with van der Waals surface area (Å²) in [5.74, 6) is 2.11. The first-order chi connectivity index (χ1) is 14.3. The van der Waals surface area contributed by atoms with Crippen LogP contribution in [0, 0.1) is 0 Å². The molecule has 1 amide bonds. The fraction of sp³-hybridized carbons (Fsp3) is 0.238. The Balaban J connectivity index is 1.23. The highest BCUT2D eigenvalue weighted by Gasteiger charge is 2.25. The molecular formula is C21H19N5O3. The van der Waals surface area contributed by atoms with Gasteiger partial charge in [0.15, 0.2) is 17.3 Å². The fourth-order valence-electron chi connectivity index (χ4n) is 3.50. The van der Waals surface area contributed by atoms with Gasteiger partial charge in [-0.1, -0.05) is 6.07 Å². The van der Waals surface area contributed by atoms with E-state index in [1.165, 1.54) is 0 Å². The number of aromatic nitrogens is 3. The van der Waals surface area contributed by atoms with E-state index in [4.69, 9.17) is 9.47 Å². The number of fused-ring (bicyclic) bond motifs is 1. The quantitative estimate of drug-likeness (QED) is 0.679. The summed E-state index contributed by atoms with van der Waals surface area (Å²) in [6, 6.07) is 14.9. The first-order valence-electron chi connectivity index (χ1n) is 9.47. The average Bonchev–Trinajstić information content (AvgIpc) is 3.27. The summed E-state index contributed by atoms with van der Waals surface area (Å²) < 4.78 is 10.7. The molecule has 0 spiro atoms. The van der Waals surface area contributed by atoms with Gasteiger partial charge in [0.05, 0.1) is 5.69 Å². The van der Waals surface area contributed by atoms with Gasteiger partial charge < -0.3 is 19.3 Å². The van der Waals surface area contributed by atoms with Crippen molar-refractivity contribution in [2.24, 2.45) is 0 Å². The molecule has 1 aromatic carbocycles. The van der Waals surface area contributed by atoms with E-state index in [9.17, 15) is 4.79 Å². The van der Waals surface area contributed by atoms with Gasteiger partial charge in [-0.15, -0.1) is 10.2 Å². The van der Waals surface area contributed by atoms with E-state index in [-0.39, 0.29) is 12.7 Å². The second kappa shape index (κ2) is 7.38. The van der Waals surface area contributed by atoms with Crippen molar-refractivity contribution in [1.29, 1.82) is 0 Å². The van der Waals surface area contributed by atoms with Crippen LogP contribution in [0.3, 0.4) is 0 Å². The van der Waals surface area contributed by atoms with E-state index >= 15 is 0 Å². The van der Waals surface area contributed by atoms with Gasteiger partial charge >= 0.3 is 0 Å². The van der Waals surface area contributed by atoms with E-state index in [0.29, 0.717) is 43.2 Å². The maximum atomic E-state index is 12.8. The van der Waals surface area contributed by atoms with Gasteiger partial charge in [0.2, 0.25) is 6.79 Å². The predicted octanol–water partition coefficient (Wildman–Crippen LogP) is 2.23. The summed E-state index contributed by atoms with van der Waals surface area (Å²) >= 11 is 0. The second-order valence-electron chi connectivity index (χ2n) is 6.84. The van der Waals surface area contributed by atoms with Crippen molar-refractivity contribution < 1.29 is 14.3 Å². The molecule has 0 saturated carbocycles. The summed E-state index contributed by atoms with van der Waals surface area (Å²) in [5.41, 5.74) is 2.15. The summed E-state index contributed by atoms with van der Waals surface area (Å²) in [6.45, 7) is 2.85. The lowest BCUT2D eigenvalue weighted by molar-refractivity contribution is 0.0746. The Kier molecular flexibility index (Phi) is 4.44. The minimum Gasteiger partial charge on any atom is -0.454 e. The number of pyridine rings is 1. The van der Waals surface area contributed by atoms with E-state index in [1.54, 1.807) is 24.4 Å². The highest BCUT2D eigenvalue weighted by atomic mass is 16.7. The van der Waals surface area contributed by atoms with Gasteiger partial charge in [-0.3, -0.25) is 9.78 Å². The number of ether oxygens (including phenoxy) is 2. The monoisotopic (exact) mass is 389 g/mol. The number of piperazine rings is 1. The number of carbonyl (C=O) groups is 1. The number of anilines is 1. The first kappa shape index (κ1) is 17.4. The Morgan fingerprint density at radius 3 is 2.48 bits per heavy atom. The topological polar surface area (TPSA) is 80.7 Å². The Labute approximate surface area is 167 Å². The third kappa shape index (κ3) is 3.44. The zero-order valence-corrected chi connectivity index (χ0v) is 15.7. The van der Waals surface area contributed by atoms with Crippen molar-refractivity contribution in [3.8, 4) is 22.9 Å². The van der Waals surface area contributed by atoms with E-state index in [1.807, 2.05) is 35.2 Å². The van der Waals surface area contributed by atoms with Crippen LogP contribution in [0.1, 0.15) is 10.4 Å². The summed E-state index contributed by atoms with van der Waals surface area (Å²) in [6.07, 6.45) is 1.74. The molecule has 0 aliphatic carbocycles. The molecule has 0 radical (unpaired) electrons. The van der Waals surface area contributed by atoms with Crippen molar-refractivity contribution in [2.45, 2.75) is 0 Å². The SMILES string of the molecule is O=C(c1ccc2c(c1)OCO2)N1CCN(c2ccc(-c3ccccn3)nn2)CC1.